The highest BCUT2D eigenvalue weighted by atomic mass is 16.6. The van der Waals surface area contributed by atoms with Gasteiger partial charge in [0.1, 0.15) is 19.5 Å². The van der Waals surface area contributed by atoms with Crippen LogP contribution >= 0.6 is 0 Å². The average Bonchev–Trinajstić information content (AvgIpc) is 3.43. The smallest absolute Gasteiger partial charge is 0.257 e. The topological polar surface area (TPSA) is 96.1 Å². The maximum atomic E-state index is 13.1. The second-order valence-corrected chi connectivity index (χ2v) is 7.66. The molecule has 0 saturated carbocycles. The molecule has 0 atom stereocenters. The summed E-state index contributed by atoms with van der Waals surface area (Å²) in [6.45, 7) is 6.94. The monoisotopic (exact) mass is 430 g/mol. The van der Waals surface area contributed by atoms with Crippen LogP contribution in [0.5, 0.6) is 11.5 Å². The van der Waals surface area contributed by atoms with Gasteiger partial charge in [-0.05, 0) is 67.1 Å². The molecule has 9 heteroatoms. The van der Waals surface area contributed by atoms with Gasteiger partial charge in [0.15, 0.2) is 11.5 Å². The minimum atomic E-state index is -0.187. The van der Waals surface area contributed by atoms with Crippen LogP contribution in [0.4, 0.5) is 5.69 Å². The molecule has 32 heavy (non-hydrogen) atoms. The minimum absolute atomic E-state index is 0.187. The van der Waals surface area contributed by atoms with Gasteiger partial charge in [-0.1, -0.05) is 6.07 Å². The summed E-state index contributed by atoms with van der Waals surface area (Å²) in [4.78, 5) is 13.1. The van der Waals surface area contributed by atoms with Crippen molar-refractivity contribution in [2.45, 2.75) is 20.8 Å². The van der Waals surface area contributed by atoms with Crippen molar-refractivity contribution < 1.29 is 14.3 Å². The van der Waals surface area contributed by atoms with E-state index in [2.05, 4.69) is 20.8 Å². The fourth-order valence-electron chi connectivity index (χ4n) is 3.97. The lowest BCUT2D eigenvalue weighted by Crippen LogP contribution is -2.16. The summed E-state index contributed by atoms with van der Waals surface area (Å²) in [6, 6.07) is 13.3. The highest BCUT2D eigenvalue weighted by Gasteiger charge is 2.19. The zero-order valence-corrected chi connectivity index (χ0v) is 18.0. The number of anilines is 1. The molecule has 0 bridgehead atoms. The summed E-state index contributed by atoms with van der Waals surface area (Å²) in [6.07, 6.45) is 1.52. The van der Waals surface area contributed by atoms with E-state index in [1.807, 2.05) is 67.8 Å². The van der Waals surface area contributed by atoms with Crippen LogP contribution in [-0.4, -0.2) is 43.9 Å². The van der Waals surface area contributed by atoms with Crippen molar-refractivity contribution in [1.29, 1.82) is 0 Å². The second kappa shape index (κ2) is 7.84. The van der Waals surface area contributed by atoms with E-state index >= 15 is 0 Å². The minimum Gasteiger partial charge on any atom is -0.486 e. The maximum absolute atomic E-state index is 13.1. The van der Waals surface area contributed by atoms with Gasteiger partial charge in [0.05, 0.1) is 11.3 Å². The van der Waals surface area contributed by atoms with Crippen LogP contribution in [0.1, 0.15) is 27.3 Å². The molecule has 5 rings (SSSR count). The lowest BCUT2D eigenvalue weighted by Gasteiger charge is -2.20. The molecular weight excluding hydrogens is 408 g/mol. The molecule has 2 aromatic carbocycles. The third kappa shape index (κ3) is 3.47. The molecule has 3 heterocycles. The first kappa shape index (κ1) is 19.8. The number of benzene rings is 2. The summed E-state index contributed by atoms with van der Waals surface area (Å²) >= 11 is 0. The van der Waals surface area contributed by atoms with E-state index in [9.17, 15) is 4.79 Å². The van der Waals surface area contributed by atoms with Gasteiger partial charge < -0.3 is 19.4 Å². The van der Waals surface area contributed by atoms with Crippen LogP contribution in [0.15, 0.2) is 48.8 Å². The molecule has 0 radical (unpaired) electrons. The summed E-state index contributed by atoms with van der Waals surface area (Å²) < 4.78 is 14.9. The van der Waals surface area contributed by atoms with Crippen LogP contribution in [0, 0.1) is 20.8 Å². The Balaban J connectivity index is 1.44. The van der Waals surface area contributed by atoms with Crippen molar-refractivity contribution in [3.05, 3.63) is 71.3 Å². The second-order valence-electron chi connectivity index (χ2n) is 7.66. The molecule has 9 nitrogen and oxygen atoms in total. The predicted molar refractivity (Wildman–Crippen MR) is 118 cm³/mol. The van der Waals surface area contributed by atoms with Crippen LogP contribution in [0.2, 0.25) is 0 Å². The molecule has 1 N–H and O–H groups in total. The average molecular weight is 430 g/mol. The number of tetrazole rings is 1. The number of carbonyl (C=O) groups is 1. The molecule has 0 saturated heterocycles. The highest BCUT2D eigenvalue weighted by molar-refractivity contribution is 6.05. The number of fused-ring (bicyclic) bond motifs is 1. The molecule has 0 spiro atoms. The Hall–Kier alpha value is -4.14. The maximum Gasteiger partial charge on any atom is 0.257 e. The fraction of sp³-hybridized carbons (Fsp3) is 0.217. The van der Waals surface area contributed by atoms with Gasteiger partial charge in [-0.15, -0.1) is 5.10 Å². The molecule has 2 aromatic heterocycles. The summed E-state index contributed by atoms with van der Waals surface area (Å²) in [5.74, 6) is 1.26. The van der Waals surface area contributed by atoms with Crippen molar-refractivity contribution in [2.24, 2.45) is 0 Å². The fourth-order valence-corrected chi connectivity index (χ4v) is 3.97. The van der Waals surface area contributed by atoms with Crippen LogP contribution in [0.3, 0.4) is 0 Å². The Morgan fingerprint density at radius 2 is 1.81 bits per heavy atom. The van der Waals surface area contributed by atoms with Gasteiger partial charge in [0.2, 0.25) is 0 Å². The van der Waals surface area contributed by atoms with Crippen molar-refractivity contribution in [1.82, 2.24) is 24.8 Å². The Bertz CT molecular complexity index is 1310. The molecule has 0 fully saturated rings. The van der Waals surface area contributed by atoms with Crippen molar-refractivity contribution >= 4 is 11.6 Å². The Morgan fingerprint density at radius 3 is 2.59 bits per heavy atom. The van der Waals surface area contributed by atoms with Gasteiger partial charge in [0.25, 0.3) is 5.91 Å². The Morgan fingerprint density at radius 1 is 1.00 bits per heavy atom. The number of amides is 1. The first-order valence-corrected chi connectivity index (χ1v) is 10.3. The lowest BCUT2D eigenvalue weighted by molar-refractivity contribution is 0.102. The molecule has 1 amide bonds. The number of nitrogens with one attached hydrogen (secondary N) is 1. The molecule has 4 aromatic rings. The van der Waals surface area contributed by atoms with Crippen LogP contribution < -0.4 is 14.8 Å². The quantitative estimate of drug-likeness (QED) is 0.533. The van der Waals surface area contributed by atoms with Crippen molar-refractivity contribution in [3.8, 4) is 22.9 Å². The molecule has 1 aliphatic heterocycles. The van der Waals surface area contributed by atoms with Gasteiger partial charge in [-0.3, -0.25) is 4.79 Å². The lowest BCUT2D eigenvalue weighted by atomic mass is 10.1. The van der Waals surface area contributed by atoms with E-state index in [1.54, 1.807) is 4.68 Å². The molecular formula is C23H22N6O3. The summed E-state index contributed by atoms with van der Waals surface area (Å²) in [5.41, 5.74) is 5.76. The third-order valence-corrected chi connectivity index (χ3v) is 5.52. The summed E-state index contributed by atoms with van der Waals surface area (Å²) in [5, 5.41) is 14.3. The zero-order chi connectivity index (χ0) is 22.2. The standard InChI is InChI=1S/C23H22N6O3/c1-14-4-5-17(11-20(14)28-13-24-26-27-28)25-23(30)19-10-15(2)29(16(19)3)18-6-7-21-22(12-18)32-9-8-31-21/h4-7,10-13H,8-9H2,1-3H3,(H,25,30). The predicted octanol–water partition coefficient (Wildman–Crippen LogP) is 3.40. The van der Waals surface area contributed by atoms with Gasteiger partial charge in [0, 0.05) is 28.8 Å². The normalized spacial score (nSPS) is 12.6. The zero-order valence-electron chi connectivity index (χ0n) is 18.0. The van der Waals surface area contributed by atoms with Crippen LogP contribution in [-0.2, 0) is 0 Å². The van der Waals surface area contributed by atoms with E-state index in [0.717, 1.165) is 34.1 Å². The SMILES string of the molecule is Cc1ccc(NC(=O)c2cc(C)n(-c3ccc4c(c3)OCCO4)c2C)cc1-n1cnnn1. The number of aromatic nitrogens is 5. The van der Waals surface area contributed by atoms with E-state index in [4.69, 9.17) is 9.47 Å². The van der Waals surface area contributed by atoms with Crippen molar-refractivity contribution in [2.75, 3.05) is 18.5 Å². The number of hydrogen-bond acceptors (Lipinski definition) is 6. The molecule has 0 unspecified atom stereocenters. The van der Waals surface area contributed by atoms with Gasteiger partial charge in [-0.2, -0.15) is 0 Å². The Labute approximate surface area is 184 Å². The number of aryl methyl sites for hydroxylation is 2. The van der Waals surface area contributed by atoms with Gasteiger partial charge in [-0.25, -0.2) is 4.68 Å². The molecule has 162 valence electrons. The van der Waals surface area contributed by atoms with E-state index < -0.39 is 0 Å². The Kier molecular flexibility index (Phi) is 4.85. The number of nitrogens with zero attached hydrogens (tertiary/aromatic N) is 5. The first-order chi connectivity index (χ1) is 15.5. The van der Waals surface area contributed by atoms with Crippen molar-refractivity contribution in [3.63, 3.8) is 0 Å². The third-order valence-electron chi connectivity index (χ3n) is 5.52. The molecule has 1 aliphatic rings. The largest absolute Gasteiger partial charge is 0.486 e. The summed E-state index contributed by atoms with van der Waals surface area (Å²) in [7, 11) is 0. The number of ether oxygens (including phenoxy) is 2. The van der Waals surface area contributed by atoms with Crippen LogP contribution in [0.25, 0.3) is 11.4 Å². The number of hydrogen-bond donors (Lipinski definition) is 1. The number of carbonyl (C=O) groups excluding carboxylic acids is 1. The molecule has 0 aliphatic carbocycles. The van der Waals surface area contributed by atoms with E-state index in [0.29, 0.717) is 30.2 Å². The van der Waals surface area contributed by atoms with E-state index in [1.165, 1.54) is 6.33 Å². The first-order valence-electron chi connectivity index (χ1n) is 10.3. The van der Waals surface area contributed by atoms with E-state index in [-0.39, 0.29) is 5.91 Å². The van der Waals surface area contributed by atoms with Gasteiger partial charge >= 0.3 is 0 Å². The number of rotatable bonds is 4. The highest BCUT2D eigenvalue weighted by Crippen LogP contribution is 2.33.